The molecule has 8 nitrogen and oxygen atoms in total. The van der Waals surface area contributed by atoms with Gasteiger partial charge in [0, 0.05) is 13.0 Å². The summed E-state index contributed by atoms with van der Waals surface area (Å²) in [7, 11) is 1.54. The van der Waals surface area contributed by atoms with Gasteiger partial charge in [-0.05, 0) is 29.8 Å². The molecule has 0 aliphatic carbocycles. The standard InChI is InChI=1S/C22H22N2O6/c1-30-17-9-7-15(8-10-17)14-23(19(25)11-12-21(27)28)18-13-20(26)24(22(18)29)16-5-3-2-4-6-16/h2-10,18H,11-14H2,1H3,(H,27,28). The van der Waals surface area contributed by atoms with E-state index in [-0.39, 0.29) is 25.8 Å². The predicted molar refractivity (Wildman–Crippen MR) is 108 cm³/mol. The summed E-state index contributed by atoms with van der Waals surface area (Å²) in [4.78, 5) is 51.8. The number of para-hydroxylation sites is 1. The van der Waals surface area contributed by atoms with Crippen LogP contribution < -0.4 is 9.64 Å². The Morgan fingerprint density at radius 3 is 2.33 bits per heavy atom. The van der Waals surface area contributed by atoms with Crippen LogP contribution in [0.1, 0.15) is 24.8 Å². The van der Waals surface area contributed by atoms with Crippen LogP contribution in [0.5, 0.6) is 5.75 Å². The Hall–Kier alpha value is -3.68. The molecule has 1 N–H and O–H groups in total. The van der Waals surface area contributed by atoms with Gasteiger partial charge in [0.1, 0.15) is 11.8 Å². The topological polar surface area (TPSA) is 104 Å². The van der Waals surface area contributed by atoms with Crippen molar-refractivity contribution in [2.24, 2.45) is 0 Å². The summed E-state index contributed by atoms with van der Waals surface area (Å²) in [6.07, 6.45) is -0.757. The molecular weight excluding hydrogens is 388 g/mol. The number of aliphatic carboxylic acids is 1. The first-order valence-electron chi connectivity index (χ1n) is 9.46. The third kappa shape index (κ3) is 4.65. The van der Waals surface area contributed by atoms with Crippen molar-refractivity contribution in [3.63, 3.8) is 0 Å². The number of carbonyl (C=O) groups excluding carboxylic acids is 3. The lowest BCUT2D eigenvalue weighted by atomic mass is 10.1. The average molecular weight is 410 g/mol. The number of anilines is 1. The van der Waals surface area contributed by atoms with Crippen molar-refractivity contribution >= 4 is 29.4 Å². The maximum absolute atomic E-state index is 13.1. The van der Waals surface area contributed by atoms with Crippen LogP contribution >= 0.6 is 0 Å². The van der Waals surface area contributed by atoms with Gasteiger partial charge in [-0.2, -0.15) is 0 Å². The Morgan fingerprint density at radius 2 is 1.73 bits per heavy atom. The number of ether oxygens (including phenoxy) is 1. The van der Waals surface area contributed by atoms with E-state index in [0.29, 0.717) is 11.4 Å². The summed E-state index contributed by atoms with van der Waals surface area (Å²) < 4.78 is 5.13. The van der Waals surface area contributed by atoms with Crippen LogP contribution in [0.4, 0.5) is 5.69 Å². The van der Waals surface area contributed by atoms with E-state index < -0.39 is 29.7 Å². The number of benzene rings is 2. The third-order valence-electron chi connectivity index (χ3n) is 4.90. The maximum Gasteiger partial charge on any atom is 0.303 e. The quantitative estimate of drug-likeness (QED) is 0.669. The molecular formula is C22H22N2O6. The molecule has 156 valence electrons. The number of hydrogen-bond donors (Lipinski definition) is 1. The highest BCUT2D eigenvalue weighted by Gasteiger charge is 2.44. The lowest BCUT2D eigenvalue weighted by Crippen LogP contribution is -2.45. The van der Waals surface area contributed by atoms with Crippen LogP contribution in [0, 0.1) is 0 Å². The highest BCUT2D eigenvalue weighted by Crippen LogP contribution is 2.27. The fraction of sp³-hybridized carbons (Fsp3) is 0.273. The molecule has 8 heteroatoms. The van der Waals surface area contributed by atoms with Crippen LogP contribution in [-0.2, 0) is 25.7 Å². The molecule has 0 spiro atoms. The highest BCUT2D eigenvalue weighted by molar-refractivity contribution is 6.23. The van der Waals surface area contributed by atoms with Crippen LogP contribution in [-0.4, -0.2) is 46.8 Å². The fourth-order valence-electron chi connectivity index (χ4n) is 3.37. The summed E-state index contributed by atoms with van der Waals surface area (Å²) in [5.41, 5.74) is 1.18. The Bertz CT molecular complexity index is 942. The summed E-state index contributed by atoms with van der Waals surface area (Å²) in [5, 5.41) is 8.93. The van der Waals surface area contributed by atoms with Crippen LogP contribution in [0.3, 0.4) is 0 Å². The molecule has 0 aromatic heterocycles. The van der Waals surface area contributed by atoms with E-state index in [4.69, 9.17) is 9.84 Å². The molecule has 30 heavy (non-hydrogen) atoms. The van der Waals surface area contributed by atoms with E-state index >= 15 is 0 Å². The van der Waals surface area contributed by atoms with Crippen LogP contribution in [0.25, 0.3) is 0 Å². The van der Waals surface area contributed by atoms with Gasteiger partial charge in [0.15, 0.2) is 0 Å². The molecule has 1 atom stereocenters. The second-order valence-corrected chi connectivity index (χ2v) is 6.89. The molecule has 0 radical (unpaired) electrons. The normalized spacial score (nSPS) is 15.9. The number of hydrogen-bond acceptors (Lipinski definition) is 5. The second kappa shape index (κ2) is 9.21. The van der Waals surface area contributed by atoms with Crippen molar-refractivity contribution in [2.45, 2.75) is 31.8 Å². The Balaban J connectivity index is 1.86. The lowest BCUT2D eigenvalue weighted by molar-refractivity contribution is -0.143. The third-order valence-corrected chi connectivity index (χ3v) is 4.90. The molecule has 1 fully saturated rings. The first-order chi connectivity index (χ1) is 14.4. The number of carbonyl (C=O) groups is 4. The van der Waals surface area contributed by atoms with Gasteiger partial charge in [0.05, 0.1) is 25.6 Å². The zero-order valence-corrected chi connectivity index (χ0v) is 16.5. The molecule has 1 aliphatic heterocycles. The smallest absolute Gasteiger partial charge is 0.303 e. The van der Waals surface area contributed by atoms with Gasteiger partial charge in [-0.1, -0.05) is 30.3 Å². The van der Waals surface area contributed by atoms with E-state index in [0.717, 1.165) is 10.5 Å². The molecule has 3 rings (SSSR count). The predicted octanol–water partition coefficient (Wildman–Crippen LogP) is 2.22. The summed E-state index contributed by atoms with van der Waals surface area (Å²) in [6.45, 7) is 0.0781. The first-order valence-corrected chi connectivity index (χ1v) is 9.46. The Morgan fingerprint density at radius 1 is 1.07 bits per heavy atom. The number of imide groups is 1. The number of amides is 3. The number of carboxylic acid groups (broad SMARTS) is 1. The first kappa shape index (κ1) is 21.0. The lowest BCUT2D eigenvalue weighted by Gasteiger charge is -2.28. The van der Waals surface area contributed by atoms with Crippen molar-refractivity contribution in [3.8, 4) is 5.75 Å². The Labute approximate surface area is 173 Å². The van der Waals surface area contributed by atoms with Crippen molar-refractivity contribution in [1.82, 2.24) is 4.90 Å². The molecule has 2 aromatic rings. The molecule has 0 bridgehead atoms. The molecule has 0 saturated carbocycles. The zero-order chi connectivity index (χ0) is 21.7. The number of nitrogens with zero attached hydrogens (tertiary/aromatic N) is 2. The van der Waals surface area contributed by atoms with Crippen LogP contribution in [0.15, 0.2) is 54.6 Å². The van der Waals surface area contributed by atoms with E-state index in [1.807, 2.05) is 0 Å². The monoisotopic (exact) mass is 410 g/mol. The molecule has 1 heterocycles. The van der Waals surface area contributed by atoms with Gasteiger partial charge in [-0.25, -0.2) is 4.90 Å². The SMILES string of the molecule is COc1ccc(CN(C(=O)CCC(=O)O)C2CC(=O)N(c3ccccc3)C2=O)cc1. The summed E-state index contributed by atoms with van der Waals surface area (Å²) in [5.74, 6) is -1.85. The largest absolute Gasteiger partial charge is 0.497 e. The minimum absolute atomic E-state index is 0.0781. The number of methoxy groups -OCH3 is 1. The molecule has 2 aromatic carbocycles. The zero-order valence-electron chi connectivity index (χ0n) is 16.5. The molecule has 1 unspecified atom stereocenters. The van der Waals surface area contributed by atoms with Gasteiger partial charge in [0.25, 0.3) is 5.91 Å². The van der Waals surface area contributed by atoms with E-state index in [1.54, 1.807) is 54.6 Å². The van der Waals surface area contributed by atoms with Crippen molar-refractivity contribution in [3.05, 3.63) is 60.2 Å². The fourth-order valence-corrected chi connectivity index (χ4v) is 3.37. The van der Waals surface area contributed by atoms with E-state index in [2.05, 4.69) is 0 Å². The van der Waals surface area contributed by atoms with E-state index in [1.165, 1.54) is 12.0 Å². The van der Waals surface area contributed by atoms with Gasteiger partial charge >= 0.3 is 5.97 Å². The van der Waals surface area contributed by atoms with Gasteiger partial charge in [0.2, 0.25) is 11.8 Å². The summed E-state index contributed by atoms with van der Waals surface area (Å²) in [6, 6.07) is 14.5. The number of rotatable bonds is 8. The highest BCUT2D eigenvalue weighted by atomic mass is 16.5. The average Bonchev–Trinajstić information content (AvgIpc) is 3.05. The van der Waals surface area contributed by atoms with Gasteiger partial charge < -0.3 is 14.7 Å². The van der Waals surface area contributed by atoms with Gasteiger partial charge in [-0.15, -0.1) is 0 Å². The summed E-state index contributed by atoms with van der Waals surface area (Å²) >= 11 is 0. The number of carboxylic acids is 1. The second-order valence-electron chi connectivity index (χ2n) is 6.89. The maximum atomic E-state index is 13.1. The van der Waals surface area contributed by atoms with E-state index in [9.17, 15) is 19.2 Å². The molecule has 3 amide bonds. The van der Waals surface area contributed by atoms with Crippen LogP contribution in [0.2, 0.25) is 0 Å². The minimum atomic E-state index is -1.10. The molecule has 1 aliphatic rings. The van der Waals surface area contributed by atoms with Crippen molar-refractivity contribution < 1.29 is 29.0 Å². The molecule has 1 saturated heterocycles. The van der Waals surface area contributed by atoms with Gasteiger partial charge in [-0.3, -0.25) is 19.2 Å². The van der Waals surface area contributed by atoms with Crippen molar-refractivity contribution in [1.29, 1.82) is 0 Å². The Kier molecular flexibility index (Phi) is 6.46. The minimum Gasteiger partial charge on any atom is -0.497 e. The van der Waals surface area contributed by atoms with Crippen molar-refractivity contribution in [2.75, 3.05) is 12.0 Å².